The summed E-state index contributed by atoms with van der Waals surface area (Å²) in [5, 5.41) is 0. The van der Waals surface area contributed by atoms with E-state index in [0.717, 1.165) is 12.8 Å². The Morgan fingerprint density at radius 2 is 1.67 bits per heavy atom. The van der Waals surface area contributed by atoms with E-state index in [0.29, 0.717) is 12.2 Å². The quantitative estimate of drug-likeness (QED) is 0.490. The van der Waals surface area contributed by atoms with E-state index in [1.807, 2.05) is 18.2 Å². The van der Waals surface area contributed by atoms with Crippen molar-refractivity contribution in [3.63, 3.8) is 0 Å². The van der Waals surface area contributed by atoms with Crippen molar-refractivity contribution in [3.8, 4) is 0 Å². The van der Waals surface area contributed by atoms with Gasteiger partial charge in [0, 0.05) is 0 Å². The molecule has 18 heavy (non-hydrogen) atoms. The molecule has 1 aromatic carbocycles. The minimum absolute atomic E-state index is 0.228. The maximum absolute atomic E-state index is 11.3. The van der Waals surface area contributed by atoms with Crippen molar-refractivity contribution < 1.29 is 25.0 Å². The van der Waals surface area contributed by atoms with E-state index in [1.54, 1.807) is 12.1 Å². The molecule has 0 heterocycles. The summed E-state index contributed by atoms with van der Waals surface area (Å²) in [6, 6.07) is 9.05. The number of unbranched alkanes of at least 4 members (excludes halogenated alkanes) is 1. The van der Waals surface area contributed by atoms with Crippen LogP contribution in [0.15, 0.2) is 30.3 Å². The molecule has 0 bridgehead atoms. The molecule has 2 nitrogen and oxygen atoms in total. The Bertz CT molecular complexity index is 335. The molecule has 0 spiro atoms. The summed E-state index contributed by atoms with van der Waals surface area (Å²) >= 11 is -3.29. The van der Waals surface area contributed by atoms with Crippen molar-refractivity contribution >= 4 is 40.0 Å². The van der Waals surface area contributed by atoms with E-state index in [2.05, 4.69) is 6.92 Å². The summed E-state index contributed by atoms with van der Waals surface area (Å²) in [5.41, 5.74) is 0.624. The van der Waals surface area contributed by atoms with E-state index in [9.17, 15) is 4.79 Å². The van der Waals surface area contributed by atoms with Gasteiger partial charge in [-0.2, -0.15) is 0 Å². The van der Waals surface area contributed by atoms with Crippen LogP contribution in [0.4, 0.5) is 0 Å². The third-order valence-corrected chi connectivity index (χ3v) is 1.74. The fourth-order valence-electron chi connectivity index (χ4n) is 0.967. The third kappa shape index (κ3) is 13.2. The Balaban J connectivity index is 0.000000494. The number of benzene rings is 1. The van der Waals surface area contributed by atoms with Crippen molar-refractivity contribution in [2.24, 2.45) is 0 Å². The van der Waals surface area contributed by atoms with Crippen LogP contribution in [0.3, 0.4) is 0 Å². The zero-order valence-corrected chi connectivity index (χ0v) is 15.3. The van der Waals surface area contributed by atoms with Crippen molar-refractivity contribution in [2.45, 2.75) is 19.8 Å². The van der Waals surface area contributed by atoms with Crippen molar-refractivity contribution in [1.82, 2.24) is 0 Å². The fraction of sp³-hybridized carbons (Fsp3) is 0.364. The molecule has 7 heteroatoms. The average molecular weight is 411 g/mol. The fourth-order valence-corrected chi connectivity index (χ4v) is 0.967. The Hall–Kier alpha value is 0.733. The van der Waals surface area contributed by atoms with E-state index in [1.165, 1.54) is 0 Å². The van der Waals surface area contributed by atoms with E-state index in [4.69, 9.17) is 38.8 Å². The molecule has 1 aromatic rings. The Morgan fingerprint density at radius 1 is 1.17 bits per heavy atom. The molecule has 0 N–H and O–H groups in total. The predicted octanol–water partition coefficient (Wildman–Crippen LogP) is 5.40. The van der Waals surface area contributed by atoms with E-state index < -0.39 is 15.5 Å². The topological polar surface area (TPSA) is 26.3 Å². The Labute approximate surface area is 126 Å². The molecule has 0 aliphatic carbocycles. The molecular formula is C11H14Cl4O2Zr. The molecule has 1 rings (SSSR count). The number of esters is 1. The van der Waals surface area contributed by atoms with Gasteiger partial charge >= 0.3 is 55.5 Å². The summed E-state index contributed by atoms with van der Waals surface area (Å²) in [5.74, 6) is -0.228. The average Bonchev–Trinajstić information content (AvgIpc) is 2.28. The van der Waals surface area contributed by atoms with Crippen LogP contribution in [0.1, 0.15) is 30.1 Å². The summed E-state index contributed by atoms with van der Waals surface area (Å²) in [6.07, 6.45) is 1.97. The normalized spacial score (nSPS) is 10.3. The summed E-state index contributed by atoms with van der Waals surface area (Å²) in [4.78, 5) is 11.3. The number of hydrogen-bond acceptors (Lipinski definition) is 2. The second-order valence-corrected chi connectivity index (χ2v) is 25.7. The van der Waals surface area contributed by atoms with Crippen molar-refractivity contribution in [1.29, 1.82) is 0 Å². The van der Waals surface area contributed by atoms with Crippen LogP contribution in [-0.4, -0.2) is 12.6 Å². The molecule has 0 saturated carbocycles. The molecule has 0 unspecified atom stereocenters. The van der Waals surface area contributed by atoms with Crippen LogP contribution in [0, 0.1) is 0 Å². The monoisotopic (exact) mass is 408 g/mol. The van der Waals surface area contributed by atoms with Gasteiger partial charge in [0.15, 0.2) is 0 Å². The third-order valence-electron chi connectivity index (χ3n) is 1.74. The zero-order chi connectivity index (χ0) is 14.0. The second kappa shape index (κ2) is 10.5. The number of carbonyl (C=O) groups excluding carboxylic acids is 1. The van der Waals surface area contributed by atoms with Gasteiger partial charge in [0.25, 0.3) is 0 Å². The SMILES string of the molecule is CCCCOC(=O)c1ccccc1.[Cl][Zr]([Cl])([Cl])[Cl]. The predicted molar refractivity (Wildman–Crippen MR) is 75.0 cm³/mol. The standard InChI is InChI=1S/C11H14O2.4ClH.Zr/c1-2-3-9-13-11(12)10-7-5-4-6-8-10;;;;;/h4-8H,2-3,9H2,1H3;4*1H;/q;;;;;+4/p-4. The molecule has 0 atom stereocenters. The Kier molecular flexibility index (Phi) is 10.9. The minimum atomic E-state index is -3.29. The van der Waals surface area contributed by atoms with Crippen LogP contribution in [-0.2, 0) is 20.2 Å². The molecule has 0 saturated heterocycles. The van der Waals surface area contributed by atoms with Crippen molar-refractivity contribution in [3.05, 3.63) is 35.9 Å². The molecule has 0 fully saturated rings. The number of ether oxygens (including phenoxy) is 1. The number of halogens is 4. The Morgan fingerprint density at radius 3 is 2.11 bits per heavy atom. The molecule has 102 valence electrons. The molecule has 0 amide bonds. The van der Waals surface area contributed by atoms with Gasteiger partial charge in [-0.25, -0.2) is 4.79 Å². The van der Waals surface area contributed by atoms with Gasteiger partial charge in [-0.05, 0) is 18.6 Å². The number of rotatable bonds is 4. The first-order chi connectivity index (χ1) is 8.34. The first kappa shape index (κ1) is 18.7. The van der Waals surface area contributed by atoms with Crippen LogP contribution in [0.2, 0.25) is 0 Å². The van der Waals surface area contributed by atoms with Crippen molar-refractivity contribution in [2.75, 3.05) is 6.61 Å². The van der Waals surface area contributed by atoms with Gasteiger partial charge in [0.1, 0.15) is 0 Å². The molecule has 0 radical (unpaired) electrons. The van der Waals surface area contributed by atoms with Crippen LogP contribution in [0.5, 0.6) is 0 Å². The van der Waals surface area contributed by atoms with Gasteiger partial charge in [-0.3, -0.25) is 0 Å². The van der Waals surface area contributed by atoms with Gasteiger partial charge in [-0.15, -0.1) is 0 Å². The molecular weight excluding hydrogens is 397 g/mol. The number of carbonyl (C=O) groups is 1. The van der Waals surface area contributed by atoms with Gasteiger partial charge in [-0.1, -0.05) is 31.5 Å². The van der Waals surface area contributed by atoms with Crippen LogP contribution < -0.4 is 0 Å². The van der Waals surface area contributed by atoms with Gasteiger partial charge in [0.05, 0.1) is 12.2 Å². The van der Waals surface area contributed by atoms with Crippen LogP contribution in [0.25, 0.3) is 0 Å². The molecule has 0 aliphatic heterocycles. The molecule has 0 aromatic heterocycles. The number of hydrogen-bond donors (Lipinski definition) is 0. The first-order valence-corrected chi connectivity index (χ1v) is 18.0. The molecule has 0 aliphatic rings. The first-order valence-electron chi connectivity index (χ1n) is 5.32. The van der Waals surface area contributed by atoms with Gasteiger partial charge in [0.2, 0.25) is 0 Å². The second-order valence-electron chi connectivity index (χ2n) is 3.28. The summed E-state index contributed by atoms with van der Waals surface area (Å²) in [7, 11) is 20.1. The maximum atomic E-state index is 11.3. The van der Waals surface area contributed by atoms with E-state index in [-0.39, 0.29) is 5.97 Å². The van der Waals surface area contributed by atoms with E-state index >= 15 is 0 Å². The van der Waals surface area contributed by atoms with Crippen LogP contribution >= 0.6 is 34.1 Å². The zero-order valence-electron chi connectivity index (χ0n) is 9.84. The summed E-state index contributed by atoms with van der Waals surface area (Å²) < 4.78 is 5.03. The summed E-state index contributed by atoms with van der Waals surface area (Å²) in [6.45, 7) is 2.58. The van der Waals surface area contributed by atoms with Gasteiger partial charge < -0.3 is 4.74 Å².